The van der Waals surface area contributed by atoms with E-state index in [0.717, 1.165) is 5.56 Å². The normalized spacial score (nSPS) is 10.1. The summed E-state index contributed by atoms with van der Waals surface area (Å²) in [5.74, 6) is 0.175. The highest BCUT2D eigenvalue weighted by Gasteiger charge is 2.20. The summed E-state index contributed by atoms with van der Waals surface area (Å²) in [7, 11) is 3.09. The van der Waals surface area contributed by atoms with Gasteiger partial charge in [-0.2, -0.15) is 0 Å². The number of hydrogen-bond acceptors (Lipinski definition) is 3. The van der Waals surface area contributed by atoms with Gasteiger partial charge in [0.05, 0.1) is 26.3 Å². The van der Waals surface area contributed by atoms with Crippen LogP contribution in [-0.2, 0) is 6.54 Å². The number of amides is 1. The number of methoxy groups -OCH3 is 2. The van der Waals surface area contributed by atoms with Crippen molar-refractivity contribution in [3.8, 4) is 11.5 Å². The predicted molar refractivity (Wildman–Crippen MR) is 90.9 cm³/mol. The molecule has 2 aromatic carbocycles. The monoisotopic (exact) mass is 329 g/mol. The number of carbonyl (C=O) groups is 1. The molecule has 0 heterocycles. The van der Waals surface area contributed by atoms with Crippen molar-refractivity contribution in [2.45, 2.75) is 6.54 Å². The molecule has 0 saturated heterocycles. The third-order valence-electron chi connectivity index (χ3n) is 3.59. The molecule has 2 rings (SSSR count). The molecule has 0 unspecified atom stereocenters. The first-order chi connectivity index (χ1) is 11.6. The molecule has 126 valence electrons. The Morgan fingerprint density at radius 2 is 1.92 bits per heavy atom. The molecule has 1 amide bonds. The summed E-state index contributed by atoms with van der Waals surface area (Å²) in [5, 5.41) is 0. The van der Waals surface area contributed by atoms with E-state index in [1.165, 1.54) is 24.1 Å². The zero-order valence-corrected chi connectivity index (χ0v) is 13.8. The fourth-order valence-electron chi connectivity index (χ4n) is 2.46. The van der Waals surface area contributed by atoms with E-state index >= 15 is 0 Å². The van der Waals surface area contributed by atoms with Crippen LogP contribution < -0.4 is 9.47 Å². The minimum atomic E-state index is -0.547. The summed E-state index contributed by atoms with van der Waals surface area (Å²) in [6.07, 6.45) is 1.60. The largest absolute Gasteiger partial charge is 0.493 e. The van der Waals surface area contributed by atoms with Gasteiger partial charge in [-0.25, -0.2) is 4.39 Å². The SMILES string of the molecule is C=CCN(Cc1cccc(OC)c1OC)C(=O)c1ccccc1F. The zero-order chi connectivity index (χ0) is 17.5. The molecular weight excluding hydrogens is 309 g/mol. The van der Waals surface area contributed by atoms with Crippen LogP contribution >= 0.6 is 0 Å². The maximum atomic E-state index is 13.9. The predicted octanol–water partition coefficient (Wildman–Crippen LogP) is 3.67. The maximum absolute atomic E-state index is 13.9. The number of rotatable bonds is 7. The summed E-state index contributed by atoms with van der Waals surface area (Å²) in [6, 6.07) is 11.4. The first kappa shape index (κ1) is 17.5. The lowest BCUT2D eigenvalue weighted by atomic mass is 10.1. The van der Waals surface area contributed by atoms with Gasteiger partial charge in [0, 0.05) is 12.1 Å². The van der Waals surface area contributed by atoms with Crippen molar-refractivity contribution in [1.82, 2.24) is 4.90 Å². The lowest BCUT2D eigenvalue weighted by Crippen LogP contribution is -2.31. The van der Waals surface area contributed by atoms with Crippen LogP contribution in [0.2, 0.25) is 0 Å². The first-order valence-corrected chi connectivity index (χ1v) is 7.47. The Balaban J connectivity index is 2.34. The smallest absolute Gasteiger partial charge is 0.257 e. The van der Waals surface area contributed by atoms with Gasteiger partial charge in [-0.15, -0.1) is 6.58 Å². The van der Waals surface area contributed by atoms with Gasteiger partial charge in [0.2, 0.25) is 0 Å². The van der Waals surface area contributed by atoms with Gasteiger partial charge in [0.25, 0.3) is 5.91 Å². The quantitative estimate of drug-likeness (QED) is 0.728. The molecule has 0 aliphatic carbocycles. The van der Waals surface area contributed by atoms with Gasteiger partial charge in [-0.1, -0.05) is 30.3 Å². The average molecular weight is 329 g/mol. The molecule has 0 saturated carbocycles. The highest BCUT2D eigenvalue weighted by atomic mass is 19.1. The second kappa shape index (κ2) is 8.15. The number of ether oxygens (including phenoxy) is 2. The highest BCUT2D eigenvalue weighted by Crippen LogP contribution is 2.31. The Labute approximate surface area is 141 Å². The maximum Gasteiger partial charge on any atom is 0.257 e. The molecule has 0 bridgehead atoms. The van der Waals surface area contributed by atoms with E-state index in [2.05, 4.69) is 6.58 Å². The van der Waals surface area contributed by atoms with Crippen molar-refractivity contribution < 1.29 is 18.7 Å². The third kappa shape index (κ3) is 3.74. The van der Waals surface area contributed by atoms with Crippen molar-refractivity contribution >= 4 is 5.91 Å². The van der Waals surface area contributed by atoms with Gasteiger partial charge in [0.1, 0.15) is 5.82 Å². The van der Waals surface area contributed by atoms with Crippen LogP contribution in [0.15, 0.2) is 55.1 Å². The van der Waals surface area contributed by atoms with E-state index in [0.29, 0.717) is 11.5 Å². The summed E-state index contributed by atoms with van der Waals surface area (Å²) in [4.78, 5) is 14.2. The Bertz CT molecular complexity index is 730. The van der Waals surface area contributed by atoms with E-state index < -0.39 is 11.7 Å². The minimum Gasteiger partial charge on any atom is -0.493 e. The third-order valence-corrected chi connectivity index (χ3v) is 3.59. The number of carbonyl (C=O) groups excluding carboxylic acids is 1. The van der Waals surface area contributed by atoms with Gasteiger partial charge >= 0.3 is 0 Å². The molecule has 0 fully saturated rings. The van der Waals surface area contributed by atoms with Crippen molar-refractivity contribution in [2.24, 2.45) is 0 Å². The number of hydrogen-bond donors (Lipinski definition) is 0. The van der Waals surface area contributed by atoms with Gasteiger partial charge in [0.15, 0.2) is 11.5 Å². The minimum absolute atomic E-state index is 0.0289. The highest BCUT2D eigenvalue weighted by molar-refractivity contribution is 5.94. The summed E-state index contributed by atoms with van der Waals surface area (Å²) in [5.41, 5.74) is 0.796. The van der Waals surface area contributed by atoms with Gasteiger partial charge in [-0.3, -0.25) is 4.79 Å². The Morgan fingerprint density at radius 1 is 1.17 bits per heavy atom. The van der Waals surface area contributed by atoms with Crippen LogP contribution in [0.5, 0.6) is 11.5 Å². The zero-order valence-electron chi connectivity index (χ0n) is 13.8. The topological polar surface area (TPSA) is 38.8 Å². The Hall–Kier alpha value is -2.82. The van der Waals surface area contributed by atoms with Crippen molar-refractivity contribution in [1.29, 1.82) is 0 Å². The van der Waals surface area contributed by atoms with E-state index in [1.54, 1.807) is 31.4 Å². The summed E-state index contributed by atoms with van der Waals surface area (Å²) >= 11 is 0. The average Bonchev–Trinajstić information content (AvgIpc) is 2.60. The van der Waals surface area contributed by atoms with Crippen molar-refractivity contribution in [2.75, 3.05) is 20.8 Å². The van der Waals surface area contributed by atoms with Gasteiger partial charge in [-0.05, 0) is 18.2 Å². The second-order valence-electron chi connectivity index (χ2n) is 5.11. The molecule has 0 aromatic heterocycles. The van der Waals surface area contributed by atoms with E-state index in [9.17, 15) is 9.18 Å². The second-order valence-corrected chi connectivity index (χ2v) is 5.11. The van der Waals surface area contributed by atoms with E-state index in [-0.39, 0.29) is 18.7 Å². The summed E-state index contributed by atoms with van der Waals surface area (Å²) in [6.45, 7) is 4.21. The number of nitrogens with zero attached hydrogens (tertiary/aromatic N) is 1. The molecular formula is C19H20FNO3. The molecule has 5 heteroatoms. The lowest BCUT2D eigenvalue weighted by Gasteiger charge is -2.23. The van der Waals surface area contributed by atoms with Crippen LogP contribution in [0.4, 0.5) is 4.39 Å². The molecule has 0 aliphatic heterocycles. The fraction of sp³-hybridized carbons (Fsp3) is 0.211. The Kier molecular flexibility index (Phi) is 5.95. The van der Waals surface area contributed by atoms with Crippen LogP contribution in [0.1, 0.15) is 15.9 Å². The lowest BCUT2D eigenvalue weighted by molar-refractivity contribution is 0.0756. The summed E-state index contributed by atoms with van der Waals surface area (Å²) < 4.78 is 24.6. The fourth-order valence-corrected chi connectivity index (χ4v) is 2.46. The molecule has 4 nitrogen and oxygen atoms in total. The number of halogens is 1. The molecule has 0 aliphatic rings. The van der Waals surface area contributed by atoms with Crippen LogP contribution in [-0.4, -0.2) is 31.6 Å². The van der Waals surface area contributed by atoms with Crippen LogP contribution in [0, 0.1) is 5.82 Å². The molecule has 24 heavy (non-hydrogen) atoms. The number of para-hydroxylation sites is 1. The van der Waals surface area contributed by atoms with Crippen molar-refractivity contribution in [3.05, 3.63) is 72.1 Å². The van der Waals surface area contributed by atoms with Crippen LogP contribution in [0.3, 0.4) is 0 Å². The van der Waals surface area contributed by atoms with Crippen LogP contribution in [0.25, 0.3) is 0 Å². The first-order valence-electron chi connectivity index (χ1n) is 7.47. The molecule has 0 radical (unpaired) electrons. The number of benzene rings is 2. The molecule has 0 spiro atoms. The Morgan fingerprint density at radius 3 is 2.54 bits per heavy atom. The van der Waals surface area contributed by atoms with Gasteiger partial charge < -0.3 is 14.4 Å². The molecule has 0 N–H and O–H groups in total. The van der Waals surface area contributed by atoms with Crippen molar-refractivity contribution in [3.63, 3.8) is 0 Å². The molecule has 2 aromatic rings. The van der Waals surface area contributed by atoms with E-state index in [4.69, 9.17) is 9.47 Å². The van der Waals surface area contributed by atoms with E-state index in [1.807, 2.05) is 12.1 Å². The standard InChI is InChI=1S/C19H20FNO3/c1-4-12-21(19(22)15-9-5-6-10-16(15)20)13-14-8-7-11-17(23-2)18(14)24-3/h4-11H,1,12-13H2,2-3H3. The molecule has 0 atom stereocenters.